The van der Waals surface area contributed by atoms with Crippen molar-refractivity contribution in [2.24, 2.45) is 0 Å². The summed E-state index contributed by atoms with van der Waals surface area (Å²) in [6.07, 6.45) is 0.283. The average Bonchev–Trinajstić information content (AvgIpc) is 3.25. The third kappa shape index (κ3) is 5.61. The topological polar surface area (TPSA) is 89.7 Å². The van der Waals surface area contributed by atoms with Crippen molar-refractivity contribution in [2.45, 2.75) is 26.0 Å². The van der Waals surface area contributed by atoms with Gasteiger partial charge in [-0.15, -0.1) is 10.2 Å². The summed E-state index contributed by atoms with van der Waals surface area (Å²) in [5.41, 5.74) is 1.44. The molecule has 1 N–H and O–H groups in total. The summed E-state index contributed by atoms with van der Waals surface area (Å²) in [5.74, 6) is 0.332. The summed E-state index contributed by atoms with van der Waals surface area (Å²) in [7, 11) is 0. The molecule has 2 heterocycles. The fourth-order valence-corrected chi connectivity index (χ4v) is 3.47. The molecule has 9 heteroatoms. The lowest BCUT2D eigenvalue weighted by atomic mass is 10.1. The van der Waals surface area contributed by atoms with Gasteiger partial charge in [-0.25, -0.2) is 9.18 Å². The highest BCUT2D eigenvalue weighted by molar-refractivity contribution is 5.67. The number of nitrogens with one attached hydrogen (secondary N) is 1. The van der Waals surface area contributed by atoms with Crippen LogP contribution in [0.4, 0.5) is 9.18 Å². The number of rotatable bonds is 7. The molecule has 0 bridgehead atoms. The molecule has 2 aromatic carbocycles. The summed E-state index contributed by atoms with van der Waals surface area (Å²) < 4.78 is 30.8. The normalized spacial score (nSPS) is 16.1. The van der Waals surface area contributed by atoms with Gasteiger partial charge in [-0.05, 0) is 30.2 Å². The number of aryl methyl sites for hydroxylation is 1. The maximum absolute atomic E-state index is 14.4. The van der Waals surface area contributed by atoms with Crippen LogP contribution in [0.1, 0.15) is 17.9 Å². The second kappa shape index (κ2) is 10.2. The maximum atomic E-state index is 14.4. The molecule has 0 saturated carbocycles. The summed E-state index contributed by atoms with van der Waals surface area (Å²) in [5, 5.41) is 11.0. The van der Waals surface area contributed by atoms with Crippen molar-refractivity contribution >= 4 is 6.09 Å². The van der Waals surface area contributed by atoms with Crippen molar-refractivity contribution in [1.29, 1.82) is 0 Å². The van der Waals surface area contributed by atoms with Gasteiger partial charge in [0.25, 0.3) is 0 Å². The van der Waals surface area contributed by atoms with Gasteiger partial charge in [0.15, 0.2) is 11.6 Å². The molecule has 1 atom stereocenters. The number of halogens is 1. The number of benzene rings is 2. The third-order valence-electron chi connectivity index (χ3n) is 5.15. The number of piperazine rings is 1. The molecule has 1 aliphatic heterocycles. The Balaban J connectivity index is 1.24. The highest BCUT2D eigenvalue weighted by Crippen LogP contribution is 2.25. The molecular weight excluding hydrogens is 415 g/mol. The van der Waals surface area contributed by atoms with E-state index in [1.54, 1.807) is 24.0 Å². The first-order valence-corrected chi connectivity index (χ1v) is 10.5. The van der Waals surface area contributed by atoms with Gasteiger partial charge < -0.3 is 24.1 Å². The van der Waals surface area contributed by atoms with Crippen LogP contribution in [-0.4, -0.2) is 53.5 Å². The first-order valence-electron chi connectivity index (χ1n) is 10.5. The van der Waals surface area contributed by atoms with Gasteiger partial charge in [0, 0.05) is 38.2 Å². The molecule has 0 aliphatic carbocycles. The Morgan fingerprint density at radius 3 is 2.84 bits per heavy atom. The van der Waals surface area contributed by atoms with Crippen molar-refractivity contribution in [2.75, 3.05) is 26.2 Å². The molecule has 0 spiro atoms. The average molecular weight is 440 g/mol. The molecule has 1 saturated heterocycles. The molecule has 1 fully saturated rings. The van der Waals surface area contributed by atoms with E-state index in [2.05, 4.69) is 15.5 Å². The summed E-state index contributed by atoms with van der Waals surface area (Å²) in [6.45, 7) is 3.98. The zero-order valence-corrected chi connectivity index (χ0v) is 17.8. The van der Waals surface area contributed by atoms with Crippen molar-refractivity contribution < 1.29 is 23.1 Å². The standard InChI is InChI=1S/C23H25FN4O4/c1-16-26-27-22(32-16)18-7-8-21(20(24)13-18)30-12-9-19-14-28(11-10-25-19)23(29)31-15-17-5-3-2-4-6-17/h2-8,13,19,25H,9-12,14-15H2,1H3/t19-/m1/s1. The van der Waals surface area contributed by atoms with E-state index in [0.717, 1.165) is 5.56 Å². The zero-order valence-electron chi connectivity index (χ0n) is 17.8. The van der Waals surface area contributed by atoms with E-state index in [4.69, 9.17) is 13.9 Å². The molecule has 32 heavy (non-hydrogen) atoms. The number of aromatic nitrogens is 2. The number of carbonyl (C=O) groups excluding carboxylic acids is 1. The first-order chi connectivity index (χ1) is 15.6. The second-order valence-corrected chi connectivity index (χ2v) is 7.55. The monoisotopic (exact) mass is 440 g/mol. The summed E-state index contributed by atoms with van der Waals surface area (Å²) in [4.78, 5) is 14.1. The maximum Gasteiger partial charge on any atom is 0.410 e. The van der Waals surface area contributed by atoms with E-state index in [1.165, 1.54) is 6.07 Å². The van der Waals surface area contributed by atoms with E-state index in [-0.39, 0.29) is 30.4 Å². The fraction of sp³-hybridized carbons (Fsp3) is 0.348. The van der Waals surface area contributed by atoms with E-state index >= 15 is 0 Å². The Morgan fingerprint density at radius 1 is 1.25 bits per heavy atom. The molecule has 1 aliphatic rings. The van der Waals surface area contributed by atoms with Crippen molar-refractivity contribution in [1.82, 2.24) is 20.4 Å². The smallest absolute Gasteiger partial charge is 0.410 e. The molecule has 0 radical (unpaired) electrons. The SMILES string of the molecule is Cc1nnc(-c2ccc(OCC[C@@H]3CN(C(=O)OCc4ccccc4)CCN3)c(F)c2)o1. The molecule has 1 amide bonds. The molecular formula is C23H25FN4O4. The minimum absolute atomic E-state index is 0.0386. The quantitative estimate of drug-likeness (QED) is 0.601. The van der Waals surface area contributed by atoms with Crippen LogP contribution >= 0.6 is 0 Å². The van der Waals surface area contributed by atoms with Gasteiger partial charge in [0.1, 0.15) is 6.61 Å². The van der Waals surface area contributed by atoms with Gasteiger partial charge in [0.2, 0.25) is 11.8 Å². The van der Waals surface area contributed by atoms with Gasteiger partial charge in [-0.1, -0.05) is 30.3 Å². The highest BCUT2D eigenvalue weighted by atomic mass is 19.1. The largest absolute Gasteiger partial charge is 0.490 e. The van der Waals surface area contributed by atoms with Crippen LogP contribution in [-0.2, 0) is 11.3 Å². The van der Waals surface area contributed by atoms with Gasteiger partial charge in [0.05, 0.1) is 6.61 Å². The van der Waals surface area contributed by atoms with Crippen LogP contribution in [0.5, 0.6) is 5.75 Å². The number of ether oxygens (including phenoxy) is 2. The van der Waals surface area contributed by atoms with Crippen LogP contribution < -0.4 is 10.1 Å². The second-order valence-electron chi connectivity index (χ2n) is 7.55. The van der Waals surface area contributed by atoms with Crippen molar-refractivity contribution in [3.8, 4) is 17.2 Å². The molecule has 1 aromatic heterocycles. The number of hydrogen-bond acceptors (Lipinski definition) is 7. The Kier molecular flexibility index (Phi) is 6.96. The van der Waals surface area contributed by atoms with E-state index in [9.17, 15) is 9.18 Å². The summed E-state index contributed by atoms with van der Waals surface area (Å²) in [6, 6.07) is 14.1. The first kappa shape index (κ1) is 21.8. The fourth-order valence-electron chi connectivity index (χ4n) is 3.47. The van der Waals surface area contributed by atoms with Crippen LogP contribution in [0.3, 0.4) is 0 Å². The predicted molar refractivity (Wildman–Crippen MR) is 115 cm³/mol. The third-order valence-corrected chi connectivity index (χ3v) is 5.15. The Morgan fingerprint density at radius 2 is 2.09 bits per heavy atom. The molecule has 4 rings (SSSR count). The van der Waals surface area contributed by atoms with E-state index in [0.29, 0.717) is 44.1 Å². The number of hydrogen-bond donors (Lipinski definition) is 1. The van der Waals surface area contributed by atoms with Crippen molar-refractivity contribution in [3.63, 3.8) is 0 Å². The predicted octanol–water partition coefficient (Wildman–Crippen LogP) is 3.56. The minimum atomic E-state index is -0.499. The van der Waals surface area contributed by atoms with Crippen LogP contribution in [0.15, 0.2) is 52.9 Å². The van der Waals surface area contributed by atoms with Crippen molar-refractivity contribution in [3.05, 3.63) is 65.8 Å². The highest BCUT2D eigenvalue weighted by Gasteiger charge is 2.24. The number of amides is 1. The lowest BCUT2D eigenvalue weighted by Gasteiger charge is -2.33. The van der Waals surface area contributed by atoms with Crippen LogP contribution in [0, 0.1) is 12.7 Å². The Bertz CT molecular complexity index is 1040. The number of carbonyl (C=O) groups is 1. The Hall–Kier alpha value is -3.46. The minimum Gasteiger partial charge on any atom is -0.490 e. The van der Waals surface area contributed by atoms with E-state index < -0.39 is 5.82 Å². The van der Waals surface area contributed by atoms with Crippen LogP contribution in [0.2, 0.25) is 0 Å². The molecule has 0 unspecified atom stereocenters. The molecule has 168 valence electrons. The Labute approximate surface area is 185 Å². The van der Waals surface area contributed by atoms with E-state index in [1.807, 2.05) is 30.3 Å². The molecule has 8 nitrogen and oxygen atoms in total. The van der Waals surface area contributed by atoms with Gasteiger partial charge in [-0.2, -0.15) is 0 Å². The lowest BCUT2D eigenvalue weighted by molar-refractivity contribution is 0.0826. The lowest BCUT2D eigenvalue weighted by Crippen LogP contribution is -2.53. The summed E-state index contributed by atoms with van der Waals surface area (Å²) >= 11 is 0. The van der Waals surface area contributed by atoms with Gasteiger partial charge in [-0.3, -0.25) is 0 Å². The zero-order chi connectivity index (χ0) is 22.3. The van der Waals surface area contributed by atoms with Gasteiger partial charge >= 0.3 is 6.09 Å². The van der Waals surface area contributed by atoms with Crippen LogP contribution in [0.25, 0.3) is 11.5 Å². The number of nitrogens with zero attached hydrogens (tertiary/aromatic N) is 3. The molecule has 3 aromatic rings.